The number of aromatic nitrogens is 2. The Labute approximate surface area is 94.8 Å². The number of benzene rings is 1. The van der Waals surface area contributed by atoms with E-state index in [0.717, 1.165) is 6.07 Å². The molecule has 7 heteroatoms. The highest BCUT2D eigenvalue weighted by molar-refractivity contribution is 6.37. The average Bonchev–Trinajstić information content (AvgIpc) is 2.62. The smallest absolute Gasteiger partial charge is 0.266 e. The van der Waals surface area contributed by atoms with Gasteiger partial charge in [0.15, 0.2) is 0 Å². The topological polar surface area (TPSA) is 84.8 Å². The molecule has 0 N–H and O–H groups in total. The number of nitriles is 1. The number of hydrogen-bond acceptors (Lipinski definition) is 4. The van der Waals surface area contributed by atoms with Crippen molar-refractivity contribution in [3.05, 3.63) is 33.0 Å². The monoisotopic (exact) mass is 236 g/mol. The molecule has 0 fully saturated rings. The molecule has 2 aromatic rings. The summed E-state index contributed by atoms with van der Waals surface area (Å²) in [6.45, 7) is 0. The van der Waals surface area contributed by atoms with E-state index in [1.165, 1.54) is 10.9 Å². The number of hydrogen-bond donors (Lipinski definition) is 0. The molecule has 80 valence electrons. The van der Waals surface area contributed by atoms with Gasteiger partial charge >= 0.3 is 0 Å². The Hall–Kier alpha value is -2.13. The van der Waals surface area contributed by atoms with Crippen molar-refractivity contribution >= 4 is 28.2 Å². The number of aryl methyl sites for hydroxylation is 1. The first-order valence-electron chi connectivity index (χ1n) is 4.25. The van der Waals surface area contributed by atoms with Gasteiger partial charge < -0.3 is 0 Å². The highest BCUT2D eigenvalue weighted by Crippen LogP contribution is 2.34. The molecule has 0 amide bonds. The van der Waals surface area contributed by atoms with E-state index < -0.39 is 4.92 Å². The van der Waals surface area contributed by atoms with Gasteiger partial charge in [0, 0.05) is 18.5 Å². The van der Waals surface area contributed by atoms with Gasteiger partial charge in [-0.15, -0.1) is 0 Å². The Bertz CT molecular complexity index is 641. The molecule has 0 unspecified atom stereocenters. The normalized spacial score (nSPS) is 10.3. The maximum atomic E-state index is 10.7. The van der Waals surface area contributed by atoms with Gasteiger partial charge in [0.05, 0.1) is 22.2 Å². The van der Waals surface area contributed by atoms with Crippen LogP contribution in [0.5, 0.6) is 0 Å². The average molecular weight is 237 g/mol. The van der Waals surface area contributed by atoms with Crippen LogP contribution in [0.1, 0.15) is 5.56 Å². The Morgan fingerprint density at radius 2 is 2.38 bits per heavy atom. The highest BCUT2D eigenvalue weighted by Gasteiger charge is 2.21. The first-order valence-corrected chi connectivity index (χ1v) is 4.62. The second kappa shape index (κ2) is 3.47. The van der Waals surface area contributed by atoms with Crippen molar-refractivity contribution in [1.82, 2.24) is 9.78 Å². The van der Waals surface area contributed by atoms with Crippen LogP contribution >= 0.6 is 11.6 Å². The van der Waals surface area contributed by atoms with Crippen LogP contribution in [0.15, 0.2) is 12.3 Å². The Balaban J connectivity index is 2.98. The minimum Gasteiger partial charge on any atom is -0.266 e. The van der Waals surface area contributed by atoms with E-state index in [-0.39, 0.29) is 16.3 Å². The molecule has 1 aromatic carbocycles. The molecule has 0 aliphatic heterocycles. The van der Waals surface area contributed by atoms with Crippen molar-refractivity contribution in [2.45, 2.75) is 0 Å². The molecule has 0 atom stereocenters. The summed E-state index contributed by atoms with van der Waals surface area (Å²) in [4.78, 5) is 10.1. The molecule has 0 radical (unpaired) electrons. The van der Waals surface area contributed by atoms with Gasteiger partial charge in [-0.05, 0) is 0 Å². The predicted octanol–water partition coefficient (Wildman–Crippen LogP) is 2.01. The fourth-order valence-corrected chi connectivity index (χ4v) is 1.87. The van der Waals surface area contributed by atoms with Gasteiger partial charge in [-0.1, -0.05) is 11.6 Å². The van der Waals surface area contributed by atoms with E-state index in [2.05, 4.69) is 5.10 Å². The molecule has 2 rings (SSSR count). The number of rotatable bonds is 1. The summed E-state index contributed by atoms with van der Waals surface area (Å²) >= 11 is 5.90. The van der Waals surface area contributed by atoms with Gasteiger partial charge in [-0.25, -0.2) is 0 Å². The van der Waals surface area contributed by atoms with Crippen molar-refractivity contribution in [2.24, 2.45) is 7.05 Å². The van der Waals surface area contributed by atoms with E-state index in [4.69, 9.17) is 16.9 Å². The largest absolute Gasteiger partial charge is 0.291 e. The Morgan fingerprint density at radius 1 is 1.69 bits per heavy atom. The number of fused-ring (bicyclic) bond motifs is 1. The third kappa shape index (κ3) is 1.30. The number of halogens is 1. The molecule has 16 heavy (non-hydrogen) atoms. The van der Waals surface area contributed by atoms with E-state index in [1.54, 1.807) is 7.05 Å². The minimum absolute atomic E-state index is 0.000926. The summed E-state index contributed by atoms with van der Waals surface area (Å²) in [5.74, 6) is 0. The standard InChI is InChI=1S/C9H5ClN4O2/c1-13-9-6(4-12-13)5(3-11)2-7(8(9)10)14(15)16/h2,4H,1H3. The van der Waals surface area contributed by atoms with Crippen molar-refractivity contribution < 1.29 is 4.92 Å². The van der Waals surface area contributed by atoms with Gasteiger partial charge in [0.2, 0.25) is 0 Å². The lowest BCUT2D eigenvalue weighted by Gasteiger charge is -2.00. The predicted molar refractivity (Wildman–Crippen MR) is 57.1 cm³/mol. The van der Waals surface area contributed by atoms with Crippen LogP contribution in [0.3, 0.4) is 0 Å². The first kappa shape index (κ1) is 10.4. The van der Waals surface area contributed by atoms with Crippen LogP contribution in [0.25, 0.3) is 10.9 Å². The summed E-state index contributed by atoms with van der Waals surface area (Å²) in [6.07, 6.45) is 1.46. The zero-order chi connectivity index (χ0) is 11.9. The minimum atomic E-state index is -0.615. The summed E-state index contributed by atoms with van der Waals surface area (Å²) in [5, 5.41) is 24.1. The van der Waals surface area contributed by atoms with Gasteiger partial charge in [-0.3, -0.25) is 14.8 Å². The molecule has 0 saturated carbocycles. The van der Waals surface area contributed by atoms with Gasteiger partial charge in [0.1, 0.15) is 11.1 Å². The lowest BCUT2D eigenvalue weighted by molar-refractivity contribution is -0.384. The molecule has 0 aliphatic carbocycles. The summed E-state index contributed by atoms with van der Waals surface area (Å²) in [5.41, 5.74) is 0.306. The molecular weight excluding hydrogens is 232 g/mol. The van der Waals surface area contributed by atoms with Gasteiger partial charge in [0.25, 0.3) is 5.69 Å². The van der Waals surface area contributed by atoms with E-state index in [0.29, 0.717) is 10.9 Å². The number of nitro groups is 1. The second-order valence-electron chi connectivity index (χ2n) is 3.16. The number of nitrogens with zero attached hydrogens (tertiary/aromatic N) is 4. The van der Waals surface area contributed by atoms with Crippen molar-refractivity contribution in [2.75, 3.05) is 0 Å². The third-order valence-corrected chi connectivity index (χ3v) is 2.63. The third-order valence-electron chi connectivity index (χ3n) is 2.26. The van der Waals surface area contributed by atoms with Crippen LogP contribution in [0.2, 0.25) is 5.02 Å². The molecule has 0 bridgehead atoms. The van der Waals surface area contributed by atoms with Crippen LogP contribution < -0.4 is 0 Å². The maximum Gasteiger partial charge on any atom is 0.291 e. The molecule has 6 nitrogen and oxygen atoms in total. The fraction of sp³-hybridized carbons (Fsp3) is 0.111. The highest BCUT2D eigenvalue weighted by atomic mass is 35.5. The van der Waals surface area contributed by atoms with Crippen molar-refractivity contribution in [3.63, 3.8) is 0 Å². The Morgan fingerprint density at radius 3 is 2.94 bits per heavy atom. The summed E-state index contributed by atoms with van der Waals surface area (Å²) < 4.78 is 1.41. The number of nitro benzene ring substituents is 1. The fourth-order valence-electron chi connectivity index (χ4n) is 1.52. The van der Waals surface area contributed by atoms with Crippen molar-refractivity contribution in [1.29, 1.82) is 5.26 Å². The van der Waals surface area contributed by atoms with E-state index in [9.17, 15) is 10.1 Å². The van der Waals surface area contributed by atoms with Crippen LogP contribution in [0.4, 0.5) is 5.69 Å². The molecule has 0 spiro atoms. The zero-order valence-electron chi connectivity index (χ0n) is 8.14. The zero-order valence-corrected chi connectivity index (χ0v) is 8.89. The second-order valence-corrected chi connectivity index (χ2v) is 3.53. The molecule has 0 saturated heterocycles. The quantitative estimate of drug-likeness (QED) is 0.560. The lowest BCUT2D eigenvalue weighted by Crippen LogP contribution is -1.95. The molecular formula is C9H5ClN4O2. The van der Waals surface area contributed by atoms with Crippen LogP contribution in [0, 0.1) is 21.4 Å². The summed E-state index contributed by atoms with van der Waals surface area (Å²) in [7, 11) is 1.61. The van der Waals surface area contributed by atoms with Crippen molar-refractivity contribution in [3.8, 4) is 6.07 Å². The lowest BCUT2D eigenvalue weighted by atomic mass is 10.1. The van der Waals surface area contributed by atoms with Crippen LogP contribution in [-0.2, 0) is 7.05 Å². The molecule has 0 aliphatic rings. The van der Waals surface area contributed by atoms with E-state index >= 15 is 0 Å². The van der Waals surface area contributed by atoms with Crippen LogP contribution in [-0.4, -0.2) is 14.7 Å². The molecule has 1 aromatic heterocycles. The molecule has 1 heterocycles. The maximum absolute atomic E-state index is 10.7. The van der Waals surface area contributed by atoms with E-state index in [1.807, 2.05) is 6.07 Å². The first-order chi connectivity index (χ1) is 7.56. The van der Waals surface area contributed by atoms with Gasteiger partial charge in [-0.2, -0.15) is 10.4 Å². The SMILES string of the molecule is Cn1ncc2c(C#N)cc([N+](=O)[O-])c(Cl)c21. The summed E-state index contributed by atoms with van der Waals surface area (Å²) in [6, 6.07) is 3.05. The Kier molecular flexibility index (Phi) is 2.25.